The van der Waals surface area contributed by atoms with Gasteiger partial charge in [-0.25, -0.2) is 9.97 Å². The third-order valence-electron chi connectivity index (χ3n) is 5.49. The molecule has 176 valence electrons. The monoisotopic (exact) mass is 453 g/mol. The minimum Gasteiger partial charge on any atom is -0.494 e. The average Bonchev–Trinajstić information content (AvgIpc) is 3.27. The number of ether oxygens (including phenoxy) is 3. The van der Waals surface area contributed by atoms with Crippen LogP contribution in [0.4, 0.5) is 5.95 Å². The van der Waals surface area contributed by atoms with Gasteiger partial charge >= 0.3 is 5.97 Å². The number of carbonyl (C=O) groups excluding carboxylic acids is 1. The number of imidazole rings is 1. The van der Waals surface area contributed by atoms with Gasteiger partial charge < -0.3 is 23.7 Å². The lowest BCUT2D eigenvalue weighted by molar-refractivity contribution is -0.143. The Morgan fingerprint density at radius 2 is 1.91 bits per heavy atom. The van der Waals surface area contributed by atoms with Gasteiger partial charge in [-0.05, 0) is 51.5 Å². The maximum absolute atomic E-state index is 11.4. The number of benzene rings is 1. The van der Waals surface area contributed by atoms with E-state index in [0.717, 1.165) is 41.3 Å². The molecule has 0 unspecified atom stereocenters. The van der Waals surface area contributed by atoms with Crippen LogP contribution in [0.2, 0.25) is 0 Å². The summed E-state index contributed by atoms with van der Waals surface area (Å²) >= 11 is 0. The van der Waals surface area contributed by atoms with Crippen molar-refractivity contribution >= 4 is 23.1 Å². The molecule has 1 saturated heterocycles. The molecule has 1 fully saturated rings. The molecule has 2 aromatic heterocycles. The Bertz CT molecular complexity index is 1070. The van der Waals surface area contributed by atoms with E-state index in [9.17, 15) is 4.79 Å². The molecule has 1 aliphatic rings. The normalized spacial score (nSPS) is 14.1. The van der Waals surface area contributed by atoms with E-state index in [1.807, 2.05) is 30.6 Å². The van der Waals surface area contributed by atoms with E-state index in [1.165, 1.54) is 0 Å². The number of esters is 1. The Morgan fingerprint density at radius 1 is 1.15 bits per heavy atom. The molecule has 4 rings (SSSR count). The summed E-state index contributed by atoms with van der Waals surface area (Å²) in [5.41, 5.74) is 3.36. The SMILES string of the molecule is CCOC(=O)CCCOc1ccc(-c2nc(N3CCOCC3)nc3c2ncn3C(C)C)cc1. The molecule has 0 radical (unpaired) electrons. The van der Waals surface area contributed by atoms with Crippen molar-refractivity contribution in [3.8, 4) is 17.0 Å². The summed E-state index contributed by atoms with van der Waals surface area (Å²) in [5.74, 6) is 1.25. The second kappa shape index (κ2) is 10.6. The highest BCUT2D eigenvalue weighted by Crippen LogP contribution is 2.30. The number of hydrogen-bond acceptors (Lipinski definition) is 8. The molecule has 0 bridgehead atoms. The Balaban J connectivity index is 1.56. The third-order valence-corrected chi connectivity index (χ3v) is 5.49. The number of morpholine rings is 1. The highest BCUT2D eigenvalue weighted by molar-refractivity contribution is 5.88. The van der Waals surface area contributed by atoms with Crippen LogP contribution in [0, 0.1) is 0 Å². The molecule has 0 saturated carbocycles. The standard InChI is InChI=1S/C24H31N5O4/c1-4-32-20(30)6-5-13-33-19-9-7-18(8-10-19)21-22-23(29(16-25-22)17(2)3)27-24(26-21)28-11-14-31-15-12-28/h7-10,16-17H,4-6,11-15H2,1-3H3. The predicted molar refractivity (Wildman–Crippen MR) is 126 cm³/mol. The van der Waals surface area contributed by atoms with E-state index < -0.39 is 0 Å². The van der Waals surface area contributed by atoms with Crippen LogP contribution in [0.15, 0.2) is 30.6 Å². The number of anilines is 1. The summed E-state index contributed by atoms with van der Waals surface area (Å²) in [4.78, 5) is 28.0. The molecule has 3 heterocycles. The number of carbonyl (C=O) groups is 1. The van der Waals surface area contributed by atoms with Gasteiger partial charge in [-0.15, -0.1) is 0 Å². The molecule has 0 amide bonds. The first kappa shape index (κ1) is 23.0. The Labute approximate surface area is 193 Å². The molecular formula is C24H31N5O4. The summed E-state index contributed by atoms with van der Waals surface area (Å²) in [6.07, 6.45) is 2.80. The first-order valence-corrected chi connectivity index (χ1v) is 11.5. The average molecular weight is 454 g/mol. The van der Waals surface area contributed by atoms with Crippen molar-refractivity contribution < 1.29 is 19.0 Å². The topological polar surface area (TPSA) is 91.6 Å². The zero-order valence-electron chi connectivity index (χ0n) is 19.5. The fraction of sp³-hybridized carbons (Fsp3) is 0.500. The van der Waals surface area contributed by atoms with Crippen molar-refractivity contribution in [1.82, 2.24) is 19.5 Å². The van der Waals surface area contributed by atoms with Crippen molar-refractivity contribution in [2.45, 2.75) is 39.7 Å². The van der Waals surface area contributed by atoms with Crippen molar-refractivity contribution in [1.29, 1.82) is 0 Å². The first-order chi connectivity index (χ1) is 16.1. The van der Waals surface area contributed by atoms with Crippen molar-refractivity contribution in [3.05, 3.63) is 30.6 Å². The largest absolute Gasteiger partial charge is 0.494 e. The predicted octanol–water partition coefficient (Wildman–Crippen LogP) is 3.63. The molecule has 0 atom stereocenters. The highest BCUT2D eigenvalue weighted by Gasteiger charge is 2.20. The summed E-state index contributed by atoms with van der Waals surface area (Å²) in [6.45, 7) is 9.76. The van der Waals surface area contributed by atoms with E-state index in [2.05, 4.69) is 28.3 Å². The lowest BCUT2D eigenvalue weighted by atomic mass is 10.1. The van der Waals surface area contributed by atoms with Crippen LogP contribution in [0.25, 0.3) is 22.4 Å². The Morgan fingerprint density at radius 3 is 2.61 bits per heavy atom. The number of aromatic nitrogens is 4. The van der Waals surface area contributed by atoms with Gasteiger partial charge in [-0.1, -0.05) is 0 Å². The second-order valence-corrected chi connectivity index (χ2v) is 8.17. The van der Waals surface area contributed by atoms with Gasteiger partial charge in [-0.3, -0.25) is 4.79 Å². The number of nitrogens with zero attached hydrogens (tertiary/aromatic N) is 5. The van der Waals surface area contributed by atoms with Crippen LogP contribution in [0.1, 0.15) is 39.7 Å². The fourth-order valence-electron chi connectivity index (χ4n) is 3.74. The van der Waals surface area contributed by atoms with Gasteiger partial charge in [-0.2, -0.15) is 4.98 Å². The quantitative estimate of drug-likeness (QED) is 0.358. The van der Waals surface area contributed by atoms with Crippen molar-refractivity contribution in [2.75, 3.05) is 44.4 Å². The zero-order chi connectivity index (χ0) is 23.2. The maximum Gasteiger partial charge on any atom is 0.305 e. The molecule has 3 aromatic rings. The molecule has 1 aromatic carbocycles. The molecule has 0 aliphatic carbocycles. The van der Waals surface area contributed by atoms with Gasteiger partial charge in [0.15, 0.2) is 5.65 Å². The molecule has 9 nitrogen and oxygen atoms in total. The van der Waals surface area contributed by atoms with E-state index in [-0.39, 0.29) is 12.0 Å². The first-order valence-electron chi connectivity index (χ1n) is 11.5. The van der Waals surface area contributed by atoms with Crippen LogP contribution < -0.4 is 9.64 Å². The minimum absolute atomic E-state index is 0.193. The van der Waals surface area contributed by atoms with E-state index in [1.54, 1.807) is 6.92 Å². The zero-order valence-corrected chi connectivity index (χ0v) is 19.5. The Hall–Kier alpha value is -3.20. The summed E-state index contributed by atoms with van der Waals surface area (Å²) in [7, 11) is 0. The van der Waals surface area contributed by atoms with Crippen LogP contribution >= 0.6 is 0 Å². The molecular weight excluding hydrogens is 422 g/mol. The number of hydrogen-bond donors (Lipinski definition) is 0. The van der Waals surface area contributed by atoms with E-state index in [4.69, 9.17) is 24.2 Å². The smallest absolute Gasteiger partial charge is 0.305 e. The minimum atomic E-state index is -0.193. The van der Waals surface area contributed by atoms with Gasteiger partial charge in [0.05, 0.1) is 32.8 Å². The van der Waals surface area contributed by atoms with Gasteiger partial charge in [0.2, 0.25) is 5.95 Å². The molecule has 1 aliphatic heterocycles. The van der Waals surface area contributed by atoms with Gasteiger partial charge in [0.1, 0.15) is 17.0 Å². The third kappa shape index (κ3) is 5.42. The molecule has 33 heavy (non-hydrogen) atoms. The summed E-state index contributed by atoms with van der Waals surface area (Å²) in [6, 6.07) is 8.05. The van der Waals surface area contributed by atoms with Crippen molar-refractivity contribution in [2.24, 2.45) is 0 Å². The van der Waals surface area contributed by atoms with Crippen LogP contribution in [-0.2, 0) is 14.3 Å². The molecule has 9 heteroatoms. The highest BCUT2D eigenvalue weighted by atomic mass is 16.5. The second-order valence-electron chi connectivity index (χ2n) is 8.17. The van der Waals surface area contributed by atoms with Crippen LogP contribution in [0.3, 0.4) is 0 Å². The lowest BCUT2D eigenvalue weighted by Crippen LogP contribution is -2.37. The molecule has 0 spiro atoms. The number of rotatable bonds is 9. The lowest BCUT2D eigenvalue weighted by Gasteiger charge is -2.27. The molecule has 0 N–H and O–H groups in total. The van der Waals surface area contributed by atoms with E-state index >= 15 is 0 Å². The summed E-state index contributed by atoms with van der Waals surface area (Å²) in [5, 5.41) is 0. The van der Waals surface area contributed by atoms with Gasteiger partial charge in [0.25, 0.3) is 0 Å². The summed E-state index contributed by atoms with van der Waals surface area (Å²) < 4.78 is 18.3. The van der Waals surface area contributed by atoms with Gasteiger partial charge in [0, 0.05) is 31.1 Å². The maximum atomic E-state index is 11.4. The Kier molecular flexibility index (Phi) is 7.39. The fourth-order valence-corrected chi connectivity index (χ4v) is 3.74. The van der Waals surface area contributed by atoms with Crippen LogP contribution in [0.5, 0.6) is 5.75 Å². The van der Waals surface area contributed by atoms with Crippen molar-refractivity contribution in [3.63, 3.8) is 0 Å². The van der Waals surface area contributed by atoms with E-state index in [0.29, 0.717) is 45.2 Å². The van der Waals surface area contributed by atoms with Crippen LogP contribution in [-0.4, -0.2) is 65.0 Å². The number of fused-ring (bicyclic) bond motifs is 1.